The van der Waals surface area contributed by atoms with Crippen LogP contribution in [0.15, 0.2) is 46.9 Å². The van der Waals surface area contributed by atoms with Crippen LogP contribution in [0.25, 0.3) is 0 Å². The molecule has 0 saturated carbocycles. The van der Waals surface area contributed by atoms with Crippen LogP contribution in [-0.4, -0.2) is 29.4 Å². The first kappa shape index (κ1) is 18.5. The van der Waals surface area contributed by atoms with E-state index >= 15 is 0 Å². The Morgan fingerprint density at radius 2 is 1.68 bits per heavy atom. The molecule has 25 heavy (non-hydrogen) atoms. The van der Waals surface area contributed by atoms with Gasteiger partial charge in [0.15, 0.2) is 0 Å². The van der Waals surface area contributed by atoms with Gasteiger partial charge in [-0.1, -0.05) is 28.1 Å². The van der Waals surface area contributed by atoms with Crippen LogP contribution >= 0.6 is 15.9 Å². The van der Waals surface area contributed by atoms with Gasteiger partial charge in [-0.15, -0.1) is 0 Å². The first-order valence-electron chi connectivity index (χ1n) is 7.29. The van der Waals surface area contributed by atoms with Crippen LogP contribution < -0.4 is 16.4 Å². The SMILES string of the molecule is NC(=O)CNC(=O)c1ccc(CNC(=O)c2ccc(Br)cc2O)cc1. The van der Waals surface area contributed by atoms with E-state index in [4.69, 9.17) is 5.73 Å². The smallest absolute Gasteiger partial charge is 0.255 e. The Morgan fingerprint density at radius 1 is 1.00 bits per heavy atom. The Kier molecular flexibility index (Phi) is 6.13. The second kappa shape index (κ2) is 8.29. The topological polar surface area (TPSA) is 122 Å². The summed E-state index contributed by atoms with van der Waals surface area (Å²) in [6, 6.07) is 11.1. The van der Waals surface area contributed by atoms with Crippen LogP contribution in [0, 0.1) is 0 Å². The van der Waals surface area contributed by atoms with E-state index < -0.39 is 17.7 Å². The summed E-state index contributed by atoms with van der Waals surface area (Å²) in [5.41, 5.74) is 6.29. The van der Waals surface area contributed by atoms with E-state index in [2.05, 4.69) is 26.6 Å². The van der Waals surface area contributed by atoms with Crippen LogP contribution in [-0.2, 0) is 11.3 Å². The third kappa shape index (κ3) is 5.32. The van der Waals surface area contributed by atoms with Gasteiger partial charge in [-0.3, -0.25) is 14.4 Å². The van der Waals surface area contributed by atoms with Crippen LogP contribution in [0.3, 0.4) is 0 Å². The van der Waals surface area contributed by atoms with Crippen molar-refractivity contribution in [3.05, 3.63) is 63.6 Å². The third-order valence-electron chi connectivity index (χ3n) is 3.30. The highest BCUT2D eigenvalue weighted by Gasteiger charge is 2.11. The van der Waals surface area contributed by atoms with Gasteiger partial charge in [-0.25, -0.2) is 0 Å². The molecule has 0 aliphatic heterocycles. The highest BCUT2D eigenvalue weighted by atomic mass is 79.9. The van der Waals surface area contributed by atoms with E-state index in [1.54, 1.807) is 30.3 Å². The maximum atomic E-state index is 12.1. The van der Waals surface area contributed by atoms with Crippen molar-refractivity contribution in [3.63, 3.8) is 0 Å². The molecule has 5 N–H and O–H groups in total. The number of primary amides is 1. The van der Waals surface area contributed by atoms with Gasteiger partial charge in [-0.05, 0) is 35.9 Å². The number of carbonyl (C=O) groups is 3. The van der Waals surface area contributed by atoms with Gasteiger partial charge in [0.05, 0.1) is 12.1 Å². The van der Waals surface area contributed by atoms with E-state index in [1.807, 2.05) is 0 Å². The minimum Gasteiger partial charge on any atom is -0.507 e. The van der Waals surface area contributed by atoms with Gasteiger partial charge < -0.3 is 21.5 Å². The van der Waals surface area contributed by atoms with Gasteiger partial charge in [0, 0.05) is 16.6 Å². The molecule has 2 rings (SSSR count). The summed E-state index contributed by atoms with van der Waals surface area (Å²) in [5, 5.41) is 14.9. The molecule has 0 aliphatic rings. The van der Waals surface area contributed by atoms with Crippen molar-refractivity contribution < 1.29 is 19.5 Å². The summed E-state index contributed by atoms with van der Waals surface area (Å²) in [7, 11) is 0. The maximum absolute atomic E-state index is 12.1. The Labute approximate surface area is 152 Å². The van der Waals surface area contributed by atoms with E-state index in [-0.39, 0.29) is 24.4 Å². The zero-order chi connectivity index (χ0) is 18.4. The van der Waals surface area contributed by atoms with Crippen molar-refractivity contribution >= 4 is 33.7 Å². The molecule has 7 nitrogen and oxygen atoms in total. The monoisotopic (exact) mass is 405 g/mol. The van der Waals surface area contributed by atoms with Crippen molar-refractivity contribution in [1.82, 2.24) is 10.6 Å². The van der Waals surface area contributed by atoms with E-state index in [0.717, 1.165) is 5.56 Å². The van der Waals surface area contributed by atoms with Crippen molar-refractivity contribution in [2.75, 3.05) is 6.54 Å². The number of nitrogens with two attached hydrogens (primary N) is 1. The quantitative estimate of drug-likeness (QED) is 0.578. The zero-order valence-corrected chi connectivity index (χ0v) is 14.7. The normalized spacial score (nSPS) is 10.1. The number of amides is 3. The summed E-state index contributed by atoms with van der Waals surface area (Å²) in [6.45, 7) is 0.00481. The summed E-state index contributed by atoms with van der Waals surface area (Å²) >= 11 is 3.21. The highest BCUT2D eigenvalue weighted by Crippen LogP contribution is 2.22. The number of phenols is 1. The Bertz CT molecular complexity index is 806. The predicted molar refractivity (Wildman–Crippen MR) is 94.9 cm³/mol. The van der Waals surface area contributed by atoms with E-state index in [0.29, 0.717) is 10.0 Å². The lowest BCUT2D eigenvalue weighted by atomic mass is 10.1. The largest absolute Gasteiger partial charge is 0.507 e. The van der Waals surface area contributed by atoms with Gasteiger partial charge in [0.25, 0.3) is 11.8 Å². The number of nitrogens with one attached hydrogen (secondary N) is 2. The summed E-state index contributed by atoms with van der Waals surface area (Å²) < 4.78 is 0.673. The van der Waals surface area contributed by atoms with Crippen LogP contribution in [0.4, 0.5) is 0 Å². The zero-order valence-electron chi connectivity index (χ0n) is 13.1. The Hall–Kier alpha value is -2.87. The number of halogens is 1. The number of carbonyl (C=O) groups excluding carboxylic acids is 3. The number of hydrogen-bond donors (Lipinski definition) is 4. The second-order valence-corrected chi connectivity index (χ2v) is 6.11. The summed E-state index contributed by atoms with van der Waals surface area (Å²) in [6.07, 6.45) is 0. The van der Waals surface area contributed by atoms with Crippen molar-refractivity contribution in [2.45, 2.75) is 6.54 Å². The molecule has 2 aromatic carbocycles. The lowest BCUT2D eigenvalue weighted by Crippen LogP contribution is -2.33. The molecule has 0 radical (unpaired) electrons. The fraction of sp³-hybridized carbons (Fsp3) is 0.118. The molecule has 0 fully saturated rings. The molecule has 0 atom stereocenters. The average Bonchev–Trinajstić information content (AvgIpc) is 2.58. The molecule has 0 aromatic heterocycles. The van der Waals surface area contributed by atoms with Crippen molar-refractivity contribution in [2.24, 2.45) is 5.73 Å². The van der Waals surface area contributed by atoms with Crippen LogP contribution in [0.5, 0.6) is 5.75 Å². The standard InChI is InChI=1S/C17H16BrN3O4/c18-12-5-6-13(14(22)7-12)17(25)20-8-10-1-3-11(4-2-10)16(24)21-9-15(19)23/h1-7,22H,8-9H2,(H2,19,23)(H,20,25)(H,21,24). The molecule has 0 unspecified atom stereocenters. The Balaban J connectivity index is 1.94. The fourth-order valence-corrected chi connectivity index (χ4v) is 2.37. The fourth-order valence-electron chi connectivity index (χ4n) is 2.02. The van der Waals surface area contributed by atoms with Gasteiger partial charge in [0.2, 0.25) is 5.91 Å². The number of phenolic OH excluding ortho intramolecular Hbond substituents is 1. The molecular formula is C17H16BrN3O4. The minimum absolute atomic E-state index is 0.117. The molecule has 0 bridgehead atoms. The molecule has 3 amide bonds. The molecule has 0 heterocycles. The number of benzene rings is 2. The van der Waals surface area contributed by atoms with E-state index in [1.165, 1.54) is 12.1 Å². The minimum atomic E-state index is -0.621. The highest BCUT2D eigenvalue weighted by molar-refractivity contribution is 9.10. The molecule has 8 heteroatoms. The summed E-state index contributed by atoms with van der Waals surface area (Å²) in [5.74, 6) is -1.56. The molecule has 0 saturated heterocycles. The number of hydrogen-bond acceptors (Lipinski definition) is 4. The van der Waals surface area contributed by atoms with Gasteiger partial charge in [0.1, 0.15) is 5.75 Å². The summed E-state index contributed by atoms with van der Waals surface area (Å²) in [4.78, 5) is 34.5. The van der Waals surface area contributed by atoms with Crippen molar-refractivity contribution in [3.8, 4) is 5.75 Å². The maximum Gasteiger partial charge on any atom is 0.255 e. The Morgan fingerprint density at radius 3 is 2.28 bits per heavy atom. The second-order valence-electron chi connectivity index (χ2n) is 5.19. The van der Waals surface area contributed by atoms with Gasteiger partial charge in [-0.2, -0.15) is 0 Å². The molecule has 130 valence electrons. The molecule has 0 aliphatic carbocycles. The molecular weight excluding hydrogens is 390 g/mol. The average molecular weight is 406 g/mol. The predicted octanol–water partition coefficient (Wildman–Crippen LogP) is 1.30. The lowest BCUT2D eigenvalue weighted by molar-refractivity contribution is -0.117. The molecule has 2 aromatic rings. The number of aromatic hydroxyl groups is 1. The first-order valence-corrected chi connectivity index (χ1v) is 8.08. The first-order chi connectivity index (χ1) is 11.9. The van der Waals surface area contributed by atoms with Gasteiger partial charge >= 0.3 is 0 Å². The van der Waals surface area contributed by atoms with E-state index in [9.17, 15) is 19.5 Å². The third-order valence-corrected chi connectivity index (χ3v) is 3.79. The van der Waals surface area contributed by atoms with Crippen molar-refractivity contribution in [1.29, 1.82) is 0 Å². The lowest BCUT2D eigenvalue weighted by Gasteiger charge is -2.08. The molecule has 0 spiro atoms. The van der Waals surface area contributed by atoms with Crippen LogP contribution in [0.2, 0.25) is 0 Å². The van der Waals surface area contributed by atoms with Crippen LogP contribution in [0.1, 0.15) is 26.3 Å². The number of rotatable bonds is 6.